The number of aliphatic hydroxyl groups is 2. The number of ether oxygens (including phenoxy) is 2. The van der Waals surface area contributed by atoms with Gasteiger partial charge >= 0.3 is 5.97 Å². The first kappa shape index (κ1) is 30.5. The first-order valence-corrected chi connectivity index (χ1v) is 15.9. The first-order valence-electron chi connectivity index (χ1n) is 14.6. The molecule has 0 spiro atoms. The van der Waals surface area contributed by atoms with Crippen LogP contribution in [0.1, 0.15) is 89.6 Å². The number of esters is 1. The Labute approximate surface area is 242 Å². The van der Waals surface area contributed by atoms with Gasteiger partial charge in [0.1, 0.15) is 11.5 Å². The van der Waals surface area contributed by atoms with E-state index < -0.39 is 12.2 Å². The molecule has 0 radical (unpaired) electrons. The van der Waals surface area contributed by atoms with E-state index in [0.717, 1.165) is 93.8 Å². The van der Waals surface area contributed by atoms with E-state index in [0.29, 0.717) is 17.9 Å². The first-order chi connectivity index (χ1) is 19.0. The van der Waals surface area contributed by atoms with Crippen molar-refractivity contribution in [3.05, 3.63) is 57.3 Å². The van der Waals surface area contributed by atoms with Crippen LogP contribution in [0.3, 0.4) is 0 Å². The fourth-order valence-electron chi connectivity index (χ4n) is 5.88. The van der Waals surface area contributed by atoms with Gasteiger partial charge in [0.25, 0.3) is 0 Å². The lowest BCUT2D eigenvalue weighted by atomic mass is 9.84. The van der Waals surface area contributed by atoms with Crippen LogP contribution in [0.2, 0.25) is 0 Å². The summed E-state index contributed by atoms with van der Waals surface area (Å²) in [5, 5.41) is 21.3. The smallest absolute Gasteiger partial charge is 0.348 e. The average molecular weight is 578 g/mol. The van der Waals surface area contributed by atoms with Crippen molar-refractivity contribution in [2.24, 2.45) is 5.92 Å². The van der Waals surface area contributed by atoms with Gasteiger partial charge in [-0.3, -0.25) is 4.90 Å². The van der Waals surface area contributed by atoms with Crippen LogP contribution in [0.5, 0.6) is 0 Å². The van der Waals surface area contributed by atoms with Crippen LogP contribution in [-0.2, 0) is 15.9 Å². The van der Waals surface area contributed by atoms with Gasteiger partial charge in [0.05, 0.1) is 25.4 Å². The summed E-state index contributed by atoms with van der Waals surface area (Å²) in [4.78, 5) is 16.5. The van der Waals surface area contributed by atoms with E-state index in [9.17, 15) is 15.0 Å². The number of morpholine rings is 1. The Bertz CT molecular complexity index is 1010. The molecule has 39 heavy (non-hydrogen) atoms. The van der Waals surface area contributed by atoms with Crippen LogP contribution in [0, 0.1) is 5.92 Å². The van der Waals surface area contributed by atoms with Crippen molar-refractivity contribution in [2.75, 3.05) is 39.5 Å². The largest absolute Gasteiger partial charge is 0.460 e. The highest BCUT2D eigenvalue weighted by Gasteiger charge is 2.42. The van der Waals surface area contributed by atoms with Crippen molar-refractivity contribution >= 4 is 28.9 Å². The van der Waals surface area contributed by atoms with Gasteiger partial charge in [-0.2, -0.15) is 0 Å². The number of unbranched alkanes of at least 4 members (excludes halogenated alkanes) is 2. The zero-order valence-electron chi connectivity index (χ0n) is 23.1. The summed E-state index contributed by atoms with van der Waals surface area (Å²) >= 11 is 8.24. The van der Waals surface area contributed by atoms with E-state index in [1.54, 1.807) is 0 Å². The second-order valence-electron chi connectivity index (χ2n) is 10.9. The molecule has 0 bridgehead atoms. The maximum atomic E-state index is 12.5. The van der Waals surface area contributed by atoms with Crippen LogP contribution in [0.15, 0.2) is 36.4 Å². The lowest BCUT2D eigenvalue weighted by molar-refractivity contribution is 0.0197. The van der Waals surface area contributed by atoms with Crippen LogP contribution >= 0.6 is 22.9 Å². The molecule has 2 aliphatic rings. The number of rotatable bonds is 14. The Morgan fingerprint density at radius 3 is 2.67 bits per heavy atom. The Kier molecular flexibility index (Phi) is 12.1. The van der Waals surface area contributed by atoms with Crippen LogP contribution < -0.4 is 0 Å². The number of aliphatic hydroxyl groups excluding tert-OH is 2. The number of carbonyl (C=O) groups excluding carboxylic acids is 1. The Morgan fingerprint density at radius 2 is 1.92 bits per heavy atom. The summed E-state index contributed by atoms with van der Waals surface area (Å²) in [6, 6.07) is 12.0. The molecule has 2 fully saturated rings. The third-order valence-corrected chi connectivity index (χ3v) is 9.79. The Hall–Kier alpha value is -1.48. The van der Waals surface area contributed by atoms with Gasteiger partial charge in [0.2, 0.25) is 0 Å². The molecule has 6 nitrogen and oxygen atoms in total. The summed E-state index contributed by atoms with van der Waals surface area (Å²) < 4.78 is 10.8. The third-order valence-electron chi connectivity index (χ3n) is 8.16. The van der Waals surface area contributed by atoms with Gasteiger partial charge in [-0.05, 0) is 61.3 Å². The van der Waals surface area contributed by atoms with Crippen molar-refractivity contribution in [2.45, 2.75) is 81.8 Å². The third kappa shape index (κ3) is 8.75. The van der Waals surface area contributed by atoms with E-state index in [1.807, 2.05) is 24.3 Å². The normalized spacial score (nSPS) is 24.6. The number of hydrogen-bond acceptors (Lipinski definition) is 7. The lowest BCUT2D eigenvalue weighted by Crippen LogP contribution is -2.38. The number of nitrogens with zero attached hydrogens (tertiary/aromatic N) is 1. The summed E-state index contributed by atoms with van der Waals surface area (Å²) in [5.41, 5.74) is 2.04. The van der Waals surface area contributed by atoms with Gasteiger partial charge in [0, 0.05) is 35.8 Å². The molecule has 5 atom stereocenters. The minimum absolute atomic E-state index is 0.000810. The van der Waals surface area contributed by atoms with E-state index in [4.69, 9.17) is 21.1 Å². The van der Waals surface area contributed by atoms with Crippen LogP contribution in [0.4, 0.5) is 0 Å². The average Bonchev–Trinajstić information content (AvgIpc) is 3.53. The number of alkyl halides is 1. The molecule has 0 amide bonds. The van der Waals surface area contributed by atoms with E-state index in [2.05, 4.69) is 24.0 Å². The Morgan fingerprint density at radius 1 is 1.15 bits per heavy atom. The number of benzene rings is 1. The fraction of sp³-hybridized carbons (Fsp3) is 0.645. The standard InChI is InChI=1S/C31H44ClNO5S/c1-2-3-4-8-27(34)22-9-11-23(12-10-22)30-25(26(32)21-28(30)35)7-5-6-24-13-14-29(39-24)31(36)38-20-17-33-15-18-37-19-16-33/h9-14,25-28,30,34-35H,2-8,15-21H2,1H3/t25-,26+,27?,28+,30+/m0/s1. The lowest BCUT2D eigenvalue weighted by Gasteiger charge is -2.26. The summed E-state index contributed by atoms with van der Waals surface area (Å²) in [6.07, 6.45) is 6.50. The topological polar surface area (TPSA) is 79.2 Å². The highest BCUT2D eigenvalue weighted by molar-refractivity contribution is 7.13. The highest BCUT2D eigenvalue weighted by Crippen LogP contribution is 2.45. The number of aryl methyl sites for hydroxylation is 1. The predicted octanol–water partition coefficient (Wildman–Crippen LogP) is 5.95. The van der Waals surface area contributed by atoms with Gasteiger partial charge in [-0.25, -0.2) is 4.79 Å². The maximum Gasteiger partial charge on any atom is 0.348 e. The quantitative estimate of drug-likeness (QED) is 0.164. The van der Waals surface area contributed by atoms with Crippen LogP contribution in [-0.4, -0.2) is 72.0 Å². The van der Waals surface area contributed by atoms with Crippen molar-refractivity contribution in [3.63, 3.8) is 0 Å². The SMILES string of the molecule is CCCCCC(O)c1ccc([C@@H]2[C@@H](CCCc3ccc(C(=O)OCCN4CCOCC4)s3)[C@H](Cl)C[C@H]2O)cc1. The monoisotopic (exact) mass is 577 g/mol. The molecule has 216 valence electrons. The van der Waals surface area contributed by atoms with Gasteiger partial charge in [0.15, 0.2) is 0 Å². The minimum atomic E-state index is -0.460. The summed E-state index contributed by atoms with van der Waals surface area (Å²) in [5.74, 6) is -0.0658. The second-order valence-corrected chi connectivity index (χ2v) is 12.7. The number of hydrogen-bond donors (Lipinski definition) is 2. The zero-order valence-corrected chi connectivity index (χ0v) is 24.7. The van der Waals surface area contributed by atoms with Crippen molar-refractivity contribution < 1.29 is 24.5 Å². The van der Waals surface area contributed by atoms with Gasteiger partial charge < -0.3 is 19.7 Å². The molecule has 1 saturated heterocycles. The molecule has 2 heterocycles. The molecule has 1 saturated carbocycles. The number of carbonyl (C=O) groups is 1. The molecule has 1 aliphatic heterocycles. The summed E-state index contributed by atoms with van der Waals surface area (Å²) in [7, 11) is 0. The van der Waals surface area contributed by atoms with E-state index in [1.165, 1.54) is 11.3 Å². The van der Waals surface area contributed by atoms with Crippen molar-refractivity contribution in [1.82, 2.24) is 4.90 Å². The maximum absolute atomic E-state index is 12.5. The highest BCUT2D eigenvalue weighted by atomic mass is 35.5. The molecule has 1 unspecified atom stereocenters. The number of halogens is 1. The molecule has 1 aromatic carbocycles. The van der Waals surface area contributed by atoms with Crippen molar-refractivity contribution in [1.29, 1.82) is 0 Å². The van der Waals surface area contributed by atoms with E-state index in [-0.39, 0.29) is 23.2 Å². The zero-order chi connectivity index (χ0) is 27.6. The molecule has 2 N–H and O–H groups in total. The second kappa shape index (κ2) is 15.5. The van der Waals surface area contributed by atoms with Crippen molar-refractivity contribution in [3.8, 4) is 0 Å². The van der Waals surface area contributed by atoms with Crippen LogP contribution in [0.25, 0.3) is 0 Å². The molecule has 8 heteroatoms. The molecular formula is C31H44ClNO5S. The van der Waals surface area contributed by atoms with E-state index >= 15 is 0 Å². The molecule has 4 rings (SSSR count). The minimum Gasteiger partial charge on any atom is -0.460 e. The summed E-state index contributed by atoms with van der Waals surface area (Å²) in [6.45, 7) is 6.55. The molecule has 1 aliphatic carbocycles. The van der Waals surface area contributed by atoms with Gasteiger partial charge in [-0.15, -0.1) is 22.9 Å². The predicted molar refractivity (Wildman–Crippen MR) is 157 cm³/mol. The molecule has 2 aromatic rings. The molecular weight excluding hydrogens is 534 g/mol. The fourth-order valence-corrected chi connectivity index (χ4v) is 7.29. The number of thiophene rings is 1. The molecule has 1 aromatic heterocycles. The Balaban J connectivity index is 1.25. The van der Waals surface area contributed by atoms with Gasteiger partial charge in [-0.1, -0.05) is 50.5 Å².